The van der Waals surface area contributed by atoms with Crippen LogP contribution >= 0.6 is 11.6 Å². The molecule has 1 aliphatic heterocycles. The molecule has 0 spiro atoms. The molecule has 122 valence electrons. The van der Waals surface area contributed by atoms with Gasteiger partial charge in [0.05, 0.1) is 17.7 Å². The van der Waals surface area contributed by atoms with Gasteiger partial charge in [0.1, 0.15) is 4.90 Å². The minimum absolute atomic E-state index is 0.145. The molecular formula is C17H18ClNO3S. The van der Waals surface area contributed by atoms with Gasteiger partial charge < -0.3 is 4.74 Å². The topological polar surface area (TPSA) is 46.6 Å². The van der Waals surface area contributed by atoms with Crippen LogP contribution in [0.15, 0.2) is 53.4 Å². The number of morpholine rings is 1. The Balaban J connectivity index is 1.90. The van der Waals surface area contributed by atoms with Crippen LogP contribution in [0.5, 0.6) is 0 Å². The molecule has 3 rings (SSSR count). The number of hydrogen-bond acceptors (Lipinski definition) is 3. The minimum atomic E-state index is -3.63. The summed E-state index contributed by atoms with van der Waals surface area (Å²) in [5, 5.41) is 0.242. The molecule has 2 aromatic rings. The molecule has 1 atom stereocenters. The first-order valence-corrected chi connectivity index (χ1v) is 9.24. The van der Waals surface area contributed by atoms with Gasteiger partial charge in [0.15, 0.2) is 0 Å². The molecule has 4 nitrogen and oxygen atoms in total. The van der Waals surface area contributed by atoms with E-state index in [0.29, 0.717) is 19.7 Å². The summed E-state index contributed by atoms with van der Waals surface area (Å²) in [5.41, 5.74) is 2.11. The summed E-state index contributed by atoms with van der Waals surface area (Å²) in [7, 11) is -3.63. The molecule has 0 saturated carbocycles. The van der Waals surface area contributed by atoms with E-state index in [-0.39, 0.29) is 16.0 Å². The summed E-state index contributed by atoms with van der Waals surface area (Å²) in [5.74, 6) is 0. The lowest BCUT2D eigenvalue weighted by Crippen LogP contribution is -2.42. The highest BCUT2D eigenvalue weighted by Crippen LogP contribution is 2.30. The summed E-state index contributed by atoms with van der Waals surface area (Å²) < 4.78 is 33.0. The minimum Gasteiger partial charge on any atom is -0.371 e. The summed E-state index contributed by atoms with van der Waals surface area (Å²) in [4.78, 5) is 0.145. The zero-order chi connectivity index (χ0) is 16.4. The predicted molar refractivity (Wildman–Crippen MR) is 90.1 cm³/mol. The van der Waals surface area contributed by atoms with Crippen molar-refractivity contribution in [1.82, 2.24) is 4.31 Å². The average molecular weight is 352 g/mol. The molecule has 2 aromatic carbocycles. The van der Waals surface area contributed by atoms with Gasteiger partial charge >= 0.3 is 0 Å². The van der Waals surface area contributed by atoms with Crippen LogP contribution in [0.25, 0.3) is 0 Å². The number of ether oxygens (including phenoxy) is 1. The zero-order valence-corrected chi connectivity index (χ0v) is 14.3. The summed E-state index contributed by atoms with van der Waals surface area (Å²) in [6.07, 6.45) is -0.262. The monoisotopic (exact) mass is 351 g/mol. The molecule has 0 aliphatic carbocycles. The van der Waals surface area contributed by atoms with Crippen molar-refractivity contribution in [3.63, 3.8) is 0 Å². The Morgan fingerprint density at radius 2 is 1.83 bits per heavy atom. The maximum Gasteiger partial charge on any atom is 0.244 e. The van der Waals surface area contributed by atoms with Crippen molar-refractivity contribution in [1.29, 1.82) is 0 Å². The van der Waals surface area contributed by atoms with E-state index >= 15 is 0 Å². The van der Waals surface area contributed by atoms with E-state index in [0.717, 1.165) is 11.1 Å². The van der Waals surface area contributed by atoms with Crippen LogP contribution in [0, 0.1) is 6.92 Å². The van der Waals surface area contributed by atoms with E-state index in [2.05, 4.69) is 0 Å². The third-order valence-electron chi connectivity index (χ3n) is 4.02. The lowest BCUT2D eigenvalue weighted by molar-refractivity contribution is -0.00288. The van der Waals surface area contributed by atoms with E-state index in [1.165, 1.54) is 10.4 Å². The van der Waals surface area contributed by atoms with Crippen LogP contribution in [0.2, 0.25) is 5.02 Å². The molecular weight excluding hydrogens is 334 g/mol. The average Bonchev–Trinajstić information content (AvgIpc) is 2.55. The fourth-order valence-corrected chi connectivity index (χ4v) is 4.69. The van der Waals surface area contributed by atoms with Crippen LogP contribution in [0.3, 0.4) is 0 Å². The van der Waals surface area contributed by atoms with Gasteiger partial charge in [-0.2, -0.15) is 4.31 Å². The molecule has 1 aliphatic rings. The first-order valence-electron chi connectivity index (χ1n) is 7.42. The molecule has 0 radical (unpaired) electrons. The Morgan fingerprint density at radius 1 is 1.13 bits per heavy atom. The lowest BCUT2D eigenvalue weighted by atomic mass is 10.0. The fourth-order valence-electron chi connectivity index (χ4n) is 2.77. The van der Waals surface area contributed by atoms with Crippen LogP contribution in [-0.4, -0.2) is 32.4 Å². The third kappa shape index (κ3) is 3.28. The van der Waals surface area contributed by atoms with Crippen molar-refractivity contribution in [2.24, 2.45) is 0 Å². The lowest BCUT2D eigenvalue weighted by Gasteiger charge is -2.33. The van der Waals surface area contributed by atoms with Gasteiger partial charge in [0.25, 0.3) is 0 Å². The highest BCUT2D eigenvalue weighted by molar-refractivity contribution is 7.89. The van der Waals surface area contributed by atoms with Crippen molar-refractivity contribution in [3.8, 4) is 0 Å². The second kappa shape index (κ2) is 6.61. The third-order valence-corrected chi connectivity index (χ3v) is 6.38. The van der Waals surface area contributed by atoms with Crippen molar-refractivity contribution in [2.45, 2.75) is 17.9 Å². The molecule has 0 amide bonds. The highest BCUT2D eigenvalue weighted by atomic mass is 35.5. The largest absolute Gasteiger partial charge is 0.371 e. The first-order chi connectivity index (χ1) is 11.0. The number of benzene rings is 2. The number of halogens is 1. The van der Waals surface area contributed by atoms with Crippen LogP contribution in [-0.2, 0) is 14.8 Å². The Kier molecular flexibility index (Phi) is 4.73. The normalized spacial score (nSPS) is 19.7. The molecule has 6 heteroatoms. The van der Waals surface area contributed by atoms with Gasteiger partial charge in [0, 0.05) is 13.1 Å². The molecule has 1 saturated heterocycles. The molecule has 23 heavy (non-hydrogen) atoms. The van der Waals surface area contributed by atoms with E-state index in [9.17, 15) is 8.42 Å². The Morgan fingerprint density at radius 3 is 2.57 bits per heavy atom. The SMILES string of the molecule is Cc1ccccc1C1CN(S(=O)(=O)c2ccccc2Cl)CCO1. The fraction of sp³-hybridized carbons (Fsp3) is 0.294. The van der Waals surface area contributed by atoms with Crippen LogP contribution < -0.4 is 0 Å². The molecule has 1 heterocycles. The Labute approximate surface area is 141 Å². The van der Waals surface area contributed by atoms with E-state index in [4.69, 9.17) is 16.3 Å². The summed E-state index contributed by atoms with van der Waals surface area (Å²) in [6.45, 7) is 2.98. The van der Waals surface area contributed by atoms with E-state index in [1.54, 1.807) is 18.2 Å². The number of aryl methyl sites for hydroxylation is 1. The van der Waals surface area contributed by atoms with Crippen molar-refractivity contribution in [3.05, 3.63) is 64.7 Å². The van der Waals surface area contributed by atoms with Crippen LogP contribution in [0.1, 0.15) is 17.2 Å². The number of nitrogens with zero attached hydrogens (tertiary/aromatic N) is 1. The first kappa shape index (κ1) is 16.5. The summed E-state index contributed by atoms with van der Waals surface area (Å²) >= 11 is 6.07. The van der Waals surface area contributed by atoms with Gasteiger partial charge in [-0.25, -0.2) is 8.42 Å². The van der Waals surface area contributed by atoms with Gasteiger partial charge in [-0.15, -0.1) is 0 Å². The molecule has 1 fully saturated rings. The van der Waals surface area contributed by atoms with Gasteiger partial charge in [-0.05, 0) is 30.2 Å². The maximum absolute atomic E-state index is 12.9. The van der Waals surface area contributed by atoms with Gasteiger partial charge in [-0.1, -0.05) is 48.0 Å². The zero-order valence-electron chi connectivity index (χ0n) is 12.8. The maximum atomic E-state index is 12.9. The number of hydrogen-bond donors (Lipinski definition) is 0. The molecule has 1 unspecified atom stereocenters. The van der Waals surface area contributed by atoms with Crippen molar-refractivity contribution in [2.75, 3.05) is 19.7 Å². The quantitative estimate of drug-likeness (QED) is 0.851. The standard InChI is InChI=1S/C17H18ClNO3S/c1-13-6-2-3-7-14(13)16-12-19(10-11-22-16)23(20,21)17-9-5-4-8-15(17)18/h2-9,16H,10-12H2,1H3. The number of rotatable bonds is 3. The second-order valence-electron chi connectivity index (χ2n) is 5.51. The van der Waals surface area contributed by atoms with Crippen LogP contribution in [0.4, 0.5) is 0 Å². The smallest absolute Gasteiger partial charge is 0.244 e. The Bertz CT molecular complexity index is 807. The van der Waals surface area contributed by atoms with Gasteiger partial charge in [0.2, 0.25) is 10.0 Å². The number of sulfonamides is 1. The Hall–Kier alpha value is -1.40. The molecule has 0 N–H and O–H groups in total. The second-order valence-corrected chi connectivity index (χ2v) is 7.82. The van der Waals surface area contributed by atoms with Crippen molar-refractivity contribution >= 4 is 21.6 Å². The van der Waals surface area contributed by atoms with E-state index < -0.39 is 10.0 Å². The highest BCUT2D eigenvalue weighted by Gasteiger charge is 2.32. The van der Waals surface area contributed by atoms with Gasteiger partial charge in [-0.3, -0.25) is 0 Å². The molecule has 0 bridgehead atoms. The van der Waals surface area contributed by atoms with E-state index in [1.807, 2.05) is 31.2 Å². The molecule has 0 aromatic heterocycles. The summed E-state index contributed by atoms with van der Waals surface area (Å²) in [6, 6.07) is 14.4. The predicted octanol–water partition coefficient (Wildman–Crippen LogP) is 3.41. The van der Waals surface area contributed by atoms with Crippen molar-refractivity contribution < 1.29 is 13.2 Å².